The van der Waals surface area contributed by atoms with Crippen LogP contribution >= 0.6 is 0 Å². The van der Waals surface area contributed by atoms with Crippen LogP contribution in [0.2, 0.25) is 0 Å². The third kappa shape index (κ3) is 2.79. The highest BCUT2D eigenvalue weighted by Crippen LogP contribution is 2.19. The molecule has 0 amide bonds. The topological polar surface area (TPSA) is 0 Å². The fourth-order valence-corrected chi connectivity index (χ4v) is 1.41. The molecule has 1 radical (unpaired) electrons. The summed E-state index contributed by atoms with van der Waals surface area (Å²) in [6.45, 7) is 3.20. The molecule has 0 nitrogen and oxygen atoms in total. The normalized spacial score (nSPS) is 10.9. The van der Waals surface area contributed by atoms with E-state index in [9.17, 15) is 8.78 Å². The number of alkyl halides is 1. The van der Waals surface area contributed by atoms with Crippen molar-refractivity contribution in [3.05, 3.63) is 41.1 Å². The molecule has 0 saturated heterocycles. The predicted octanol–water partition coefficient (Wildman–Crippen LogP) is 3.69. The first-order valence-corrected chi connectivity index (χ1v) is 4.85. The van der Waals surface area contributed by atoms with E-state index in [0.29, 0.717) is 11.5 Å². The van der Waals surface area contributed by atoms with E-state index in [1.807, 2.05) is 13.0 Å². The maximum Gasteiger partial charge on any atom is 0.123 e. The molecule has 0 unspecified atom stereocenters. The molecule has 14 heavy (non-hydrogen) atoms. The van der Waals surface area contributed by atoms with Gasteiger partial charge in [0.25, 0.3) is 0 Å². The second-order valence-electron chi connectivity index (χ2n) is 3.51. The Morgan fingerprint density at radius 1 is 1.29 bits per heavy atom. The van der Waals surface area contributed by atoms with Crippen LogP contribution in [-0.2, 0) is 6.42 Å². The van der Waals surface area contributed by atoms with Gasteiger partial charge in [0.2, 0.25) is 0 Å². The molecule has 77 valence electrons. The standard InChI is InChI=1S/C12H15F2/c1-3-4-10-5-11(9(2)8-13)7-12(14)6-10/h5-7H,3-4,8H2,1-2H3. The van der Waals surface area contributed by atoms with Crippen LogP contribution in [0.5, 0.6) is 0 Å². The Bertz CT molecular complexity index is 294. The summed E-state index contributed by atoms with van der Waals surface area (Å²) in [6.07, 6.45) is 1.81. The van der Waals surface area contributed by atoms with Crippen molar-refractivity contribution >= 4 is 0 Å². The number of aryl methyl sites for hydroxylation is 1. The van der Waals surface area contributed by atoms with Crippen LogP contribution in [-0.4, -0.2) is 6.67 Å². The van der Waals surface area contributed by atoms with Crippen molar-refractivity contribution in [3.8, 4) is 0 Å². The molecule has 2 heteroatoms. The molecular formula is C12H15F2. The van der Waals surface area contributed by atoms with Gasteiger partial charge >= 0.3 is 0 Å². The Hall–Kier alpha value is -0.920. The predicted molar refractivity (Wildman–Crippen MR) is 54.4 cm³/mol. The highest BCUT2D eigenvalue weighted by Gasteiger charge is 2.08. The van der Waals surface area contributed by atoms with Gasteiger partial charge in [-0.1, -0.05) is 26.3 Å². The molecule has 1 aromatic carbocycles. The van der Waals surface area contributed by atoms with Crippen molar-refractivity contribution in [1.29, 1.82) is 0 Å². The molecule has 0 aliphatic carbocycles. The molecule has 0 aliphatic rings. The second-order valence-corrected chi connectivity index (χ2v) is 3.51. The van der Waals surface area contributed by atoms with Crippen molar-refractivity contribution in [2.75, 3.05) is 6.67 Å². The fourth-order valence-electron chi connectivity index (χ4n) is 1.41. The average Bonchev–Trinajstić information content (AvgIpc) is 2.16. The van der Waals surface area contributed by atoms with Crippen LogP contribution in [0, 0.1) is 11.7 Å². The van der Waals surface area contributed by atoms with Crippen LogP contribution < -0.4 is 0 Å². The number of rotatable bonds is 4. The van der Waals surface area contributed by atoms with E-state index in [4.69, 9.17) is 0 Å². The maximum absolute atomic E-state index is 13.1. The minimum absolute atomic E-state index is 0.279. The summed E-state index contributed by atoms with van der Waals surface area (Å²) in [6, 6.07) is 4.76. The largest absolute Gasteiger partial charge is 0.250 e. The molecule has 1 aromatic rings. The minimum Gasteiger partial charge on any atom is -0.250 e. The van der Waals surface area contributed by atoms with E-state index >= 15 is 0 Å². The zero-order valence-corrected chi connectivity index (χ0v) is 8.61. The summed E-state index contributed by atoms with van der Waals surface area (Å²) in [5.74, 6) is 0.306. The lowest BCUT2D eigenvalue weighted by molar-refractivity contribution is 0.515. The van der Waals surface area contributed by atoms with Crippen LogP contribution in [0.3, 0.4) is 0 Å². The molecule has 1 rings (SSSR count). The Kier molecular flexibility index (Phi) is 4.05. The second kappa shape index (κ2) is 5.08. The molecule has 0 fully saturated rings. The van der Waals surface area contributed by atoms with Crippen LogP contribution in [0.25, 0.3) is 0 Å². The molecule has 0 N–H and O–H groups in total. The van der Waals surface area contributed by atoms with E-state index in [1.54, 1.807) is 6.92 Å². The van der Waals surface area contributed by atoms with E-state index < -0.39 is 6.67 Å². The smallest absolute Gasteiger partial charge is 0.123 e. The van der Waals surface area contributed by atoms with Crippen LogP contribution in [0.1, 0.15) is 31.4 Å². The summed E-state index contributed by atoms with van der Waals surface area (Å²) >= 11 is 0. The van der Waals surface area contributed by atoms with Crippen molar-refractivity contribution in [3.63, 3.8) is 0 Å². The Morgan fingerprint density at radius 3 is 2.57 bits per heavy atom. The number of hydrogen-bond donors (Lipinski definition) is 0. The summed E-state index contributed by atoms with van der Waals surface area (Å²) in [7, 11) is 0. The Labute approximate surface area is 84.0 Å². The fraction of sp³-hybridized carbons (Fsp3) is 0.417. The highest BCUT2D eigenvalue weighted by molar-refractivity contribution is 5.34. The van der Waals surface area contributed by atoms with Gasteiger partial charge in [-0.15, -0.1) is 0 Å². The van der Waals surface area contributed by atoms with Gasteiger partial charge in [-0.25, -0.2) is 4.39 Å². The van der Waals surface area contributed by atoms with Crippen molar-refractivity contribution in [2.24, 2.45) is 0 Å². The van der Waals surface area contributed by atoms with Crippen LogP contribution in [0.4, 0.5) is 8.78 Å². The average molecular weight is 197 g/mol. The maximum atomic E-state index is 13.1. The highest BCUT2D eigenvalue weighted by atomic mass is 19.1. The van der Waals surface area contributed by atoms with Crippen molar-refractivity contribution in [1.82, 2.24) is 0 Å². The summed E-state index contributed by atoms with van der Waals surface area (Å²) in [5, 5.41) is 0. The first-order valence-electron chi connectivity index (χ1n) is 4.85. The van der Waals surface area contributed by atoms with E-state index in [-0.39, 0.29) is 5.82 Å². The lowest BCUT2D eigenvalue weighted by atomic mass is 9.98. The number of benzene rings is 1. The Morgan fingerprint density at radius 2 is 2.00 bits per heavy atom. The molecule has 0 heterocycles. The Balaban J connectivity index is 2.94. The van der Waals surface area contributed by atoms with Gasteiger partial charge in [-0.05, 0) is 29.7 Å². The lowest BCUT2D eigenvalue weighted by Gasteiger charge is -2.09. The zero-order chi connectivity index (χ0) is 10.6. The van der Waals surface area contributed by atoms with Gasteiger partial charge in [-0.3, -0.25) is 4.39 Å². The summed E-state index contributed by atoms with van der Waals surface area (Å²) in [4.78, 5) is 0. The van der Waals surface area contributed by atoms with E-state index in [0.717, 1.165) is 18.4 Å². The van der Waals surface area contributed by atoms with Gasteiger partial charge in [0, 0.05) is 5.92 Å². The minimum atomic E-state index is -0.519. The summed E-state index contributed by atoms with van der Waals surface area (Å²) in [5.41, 5.74) is 1.62. The van der Waals surface area contributed by atoms with Gasteiger partial charge in [0.05, 0.1) is 6.67 Å². The molecule has 0 saturated carbocycles. The molecule has 0 aromatic heterocycles. The van der Waals surface area contributed by atoms with Gasteiger partial charge in [0.15, 0.2) is 0 Å². The van der Waals surface area contributed by atoms with E-state index in [2.05, 4.69) is 0 Å². The van der Waals surface area contributed by atoms with Gasteiger partial charge < -0.3 is 0 Å². The quantitative estimate of drug-likeness (QED) is 0.690. The molecule has 0 bridgehead atoms. The van der Waals surface area contributed by atoms with Gasteiger partial charge in [0.1, 0.15) is 5.82 Å². The zero-order valence-electron chi connectivity index (χ0n) is 8.61. The number of hydrogen-bond acceptors (Lipinski definition) is 0. The number of halogens is 2. The van der Waals surface area contributed by atoms with Crippen LogP contribution in [0.15, 0.2) is 18.2 Å². The molecule has 0 atom stereocenters. The first kappa shape index (κ1) is 11.2. The first-order chi connectivity index (χ1) is 6.67. The summed E-state index contributed by atoms with van der Waals surface area (Å²) < 4.78 is 25.5. The SMILES string of the molecule is CCCc1cc(F)cc([C](C)CF)c1. The van der Waals surface area contributed by atoms with Gasteiger partial charge in [-0.2, -0.15) is 0 Å². The van der Waals surface area contributed by atoms with E-state index in [1.165, 1.54) is 12.1 Å². The molecule has 0 aliphatic heterocycles. The molecular weight excluding hydrogens is 182 g/mol. The third-order valence-electron chi connectivity index (χ3n) is 2.19. The molecule has 0 spiro atoms. The third-order valence-corrected chi connectivity index (χ3v) is 2.19. The monoisotopic (exact) mass is 197 g/mol. The van der Waals surface area contributed by atoms with Crippen molar-refractivity contribution in [2.45, 2.75) is 26.7 Å². The lowest BCUT2D eigenvalue weighted by Crippen LogP contribution is -1.99. The van der Waals surface area contributed by atoms with Crippen molar-refractivity contribution < 1.29 is 8.78 Å².